The van der Waals surface area contributed by atoms with Crippen molar-refractivity contribution >= 4 is 17.5 Å². The molecule has 18 heavy (non-hydrogen) atoms. The van der Waals surface area contributed by atoms with Crippen molar-refractivity contribution in [2.24, 2.45) is 11.3 Å². The Hall–Kier alpha value is -1.10. The Morgan fingerprint density at radius 2 is 2.06 bits per heavy atom. The standard InChI is InChI=1S/C12H19ClN4O/c1-7(2)18-11-16-9(13)15-10(17-11)14-6-8-5-12(8,3)4/h7-8H,5-6H2,1-4H3,(H,14,15,16,17). The summed E-state index contributed by atoms with van der Waals surface area (Å²) in [7, 11) is 0. The van der Waals surface area contributed by atoms with Crippen molar-refractivity contribution in [2.75, 3.05) is 11.9 Å². The SMILES string of the molecule is CC(C)Oc1nc(Cl)nc(NCC2CC2(C)C)n1. The summed E-state index contributed by atoms with van der Waals surface area (Å²) in [6.07, 6.45) is 1.24. The molecule has 1 heterocycles. The zero-order valence-corrected chi connectivity index (χ0v) is 12.0. The number of hydrogen-bond acceptors (Lipinski definition) is 5. The van der Waals surface area contributed by atoms with Crippen LogP contribution in [0.25, 0.3) is 0 Å². The fourth-order valence-electron chi connectivity index (χ4n) is 1.81. The maximum Gasteiger partial charge on any atom is 0.322 e. The molecular formula is C12H19ClN4O. The van der Waals surface area contributed by atoms with Crippen molar-refractivity contribution in [1.82, 2.24) is 15.0 Å². The molecule has 1 aromatic rings. The fourth-order valence-corrected chi connectivity index (χ4v) is 1.97. The molecule has 100 valence electrons. The second-order valence-corrected chi connectivity index (χ2v) is 5.99. The average Bonchev–Trinajstić information content (AvgIpc) is 2.81. The van der Waals surface area contributed by atoms with Crippen molar-refractivity contribution in [3.05, 3.63) is 5.28 Å². The number of aromatic nitrogens is 3. The monoisotopic (exact) mass is 270 g/mol. The van der Waals surface area contributed by atoms with Crippen LogP contribution in [0.1, 0.15) is 34.1 Å². The van der Waals surface area contributed by atoms with Gasteiger partial charge < -0.3 is 10.1 Å². The van der Waals surface area contributed by atoms with E-state index in [1.54, 1.807) is 0 Å². The van der Waals surface area contributed by atoms with E-state index in [-0.39, 0.29) is 17.4 Å². The Balaban J connectivity index is 1.97. The van der Waals surface area contributed by atoms with Gasteiger partial charge in [-0.15, -0.1) is 0 Å². The van der Waals surface area contributed by atoms with Crippen LogP contribution in [0, 0.1) is 11.3 Å². The highest BCUT2D eigenvalue weighted by Gasteiger charge is 2.45. The van der Waals surface area contributed by atoms with Crippen LogP contribution in [0.2, 0.25) is 5.28 Å². The molecule has 1 saturated carbocycles. The van der Waals surface area contributed by atoms with Gasteiger partial charge in [0.05, 0.1) is 6.10 Å². The van der Waals surface area contributed by atoms with Crippen LogP contribution in [0.15, 0.2) is 0 Å². The van der Waals surface area contributed by atoms with E-state index in [2.05, 4.69) is 34.1 Å². The predicted octanol–water partition coefficient (Wildman–Crippen LogP) is 2.77. The summed E-state index contributed by atoms with van der Waals surface area (Å²) >= 11 is 5.84. The molecule has 1 N–H and O–H groups in total. The van der Waals surface area contributed by atoms with Gasteiger partial charge in [0.2, 0.25) is 11.2 Å². The van der Waals surface area contributed by atoms with Crippen molar-refractivity contribution in [2.45, 2.75) is 40.2 Å². The number of anilines is 1. The first-order valence-corrected chi connectivity index (χ1v) is 6.57. The quantitative estimate of drug-likeness (QED) is 0.891. The van der Waals surface area contributed by atoms with Gasteiger partial charge >= 0.3 is 6.01 Å². The Labute approximate surface area is 112 Å². The van der Waals surface area contributed by atoms with Gasteiger partial charge in [0, 0.05) is 6.54 Å². The molecule has 0 aromatic carbocycles. The molecule has 6 heteroatoms. The van der Waals surface area contributed by atoms with Crippen LogP contribution in [0.4, 0.5) is 5.95 Å². The first-order valence-electron chi connectivity index (χ1n) is 6.19. The van der Waals surface area contributed by atoms with E-state index in [1.807, 2.05) is 13.8 Å². The zero-order valence-electron chi connectivity index (χ0n) is 11.2. The normalized spacial score (nSPS) is 20.9. The lowest BCUT2D eigenvalue weighted by atomic mass is 10.1. The van der Waals surface area contributed by atoms with Gasteiger partial charge in [0.15, 0.2) is 0 Å². The smallest absolute Gasteiger partial charge is 0.322 e. The number of nitrogens with zero attached hydrogens (tertiary/aromatic N) is 3. The maximum absolute atomic E-state index is 5.84. The van der Waals surface area contributed by atoms with Gasteiger partial charge in [0.1, 0.15) is 0 Å². The Kier molecular flexibility index (Phi) is 3.61. The topological polar surface area (TPSA) is 59.9 Å². The Bertz CT molecular complexity index is 436. The van der Waals surface area contributed by atoms with E-state index in [1.165, 1.54) is 6.42 Å². The van der Waals surface area contributed by atoms with Crippen molar-refractivity contribution in [3.8, 4) is 6.01 Å². The van der Waals surface area contributed by atoms with E-state index < -0.39 is 0 Å². The van der Waals surface area contributed by atoms with E-state index in [0.29, 0.717) is 17.3 Å². The molecular weight excluding hydrogens is 252 g/mol. The van der Waals surface area contributed by atoms with Crippen molar-refractivity contribution in [1.29, 1.82) is 0 Å². The summed E-state index contributed by atoms with van der Waals surface area (Å²) in [6.45, 7) is 9.20. The molecule has 1 aliphatic carbocycles. The van der Waals surface area contributed by atoms with Crippen molar-refractivity contribution in [3.63, 3.8) is 0 Å². The molecule has 2 rings (SSSR count). The molecule has 1 fully saturated rings. The maximum atomic E-state index is 5.84. The highest BCUT2D eigenvalue weighted by Crippen LogP contribution is 2.51. The molecule has 1 atom stereocenters. The Morgan fingerprint density at radius 1 is 1.39 bits per heavy atom. The molecule has 0 amide bonds. The average molecular weight is 271 g/mol. The summed E-state index contributed by atoms with van der Waals surface area (Å²) in [5.74, 6) is 1.15. The number of rotatable bonds is 5. The van der Waals surface area contributed by atoms with Crippen LogP contribution < -0.4 is 10.1 Å². The summed E-state index contributed by atoms with van der Waals surface area (Å²) < 4.78 is 5.41. The third kappa shape index (κ3) is 3.45. The number of halogens is 1. The van der Waals surface area contributed by atoms with Gasteiger partial charge in [0.25, 0.3) is 0 Å². The van der Waals surface area contributed by atoms with Crippen LogP contribution in [0.3, 0.4) is 0 Å². The first kappa shape index (κ1) is 13.3. The summed E-state index contributed by atoms with van der Waals surface area (Å²) in [6, 6.07) is 0.266. The van der Waals surface area contributed by atoms with Crippen LogP contribution in [-0.2, 0) is 0 Å². The molecule has 0 saturated heterocycles. The first-order chi connectivity index (χ1) is 8.37. The molecule has 0 spiro atoms. The largest absolute Gasteiger partial charge is 0.461 e. The lowest BCUT2D eigenvalue weighted by molar-refractivity contribution is 0.222. The molecule has 5 nitrogen and oxygen atoms in total. The third-order valence-electron chi connectivity index (χ3n) is 3.15. The predicted molar refractivity (Wildman–Crippen MR) is 71.0 cm³/mol. The summed E-state index contributed by atoms with van der Waals surface area (Å²) in [5, 5.41) is 3.34. The van der Waals surface area contributed by atoms with Gasteiger partial charge in [-0.25, -0.2) is 0 Å². The molecule has 1 aliphatic rings. The number of ether oxygens (including phenoxy) is 1. The molecule has 1 aromatic heterocycles. The van der Waals surface area contributed by atoms with Crippen molar-refractivity contribution < 1.29 is 4.74 Å². The Morgan fingerprint density at radius 3 is 2.61 bits per heavy atom. The van der Waals surface area contributed by atoms with E-state index in [4.69, 9.17) is 16.3 Å². The van der Waals surface area contributed by atoms with Crippen LogP contribution >= 0.6 is 11.6 Å². The second kappa shape index (κ2) is 4.88. The fraction of sp³-hybridized carbons (Fsp3) is 0.750. The van der Waals surface area contributed by atoms with Crippen LogP contribution in [-0.4, -0.2) is 27.6 Å². The van der Waals surface area contributed by atoms with Gasteiger partial charge in [-0.1, -0.05) is 13.8 Å². The molecule has 0 radical (unpaired) electrons. The highest BCUT2D eigenvalue weighted by molar-refractivity contribution is 6.28. The minimum Gasteiger partial charge on any atom is -0.461 e. The summed E-state index contributed by atoms with van der Waals surface area (Å²) in [5.41, 5.74) is 0.432. The third-order valence-corrected chi connectivity index (χ3v) is 3.32. The lowest BCUT2D eigenvalue weighted by Gasteiger charge is -2.10. The van der Waals surface area contributed by atoms with Gasteiger partial charge in [-0.05, 0) is 43.2 Å². The van der Waals surface area contributed by atoms with Gasteiger partial charge in [-0.3, -0.25) is 0 Å². The molecule has 0 aliphatic heterocycles. The lowest BCUT2D eigenvalue weighted by Crippen LogP contribution is -2.13. The number of nitrogens with one attached hydrogen (secondary N) is 1. The second-order valence-electron chi connectivity index (χ2n) is 5.65. The molecule has 0 bridgehead atoms. The minimum atomic E-state index is 0.0127. The van der Waals surface area contributed by atoms with Gasteiger partial charge in [-0.2, -0.15) is 15.0 Å². The number of hydrogen-bond donors (Lipinski definition) is 1. The van der Waals surface area contributed by atoms with E-state index in [0.717, 1.165) is 6.54 Å². The van der Waals surface area contributed by atoms with E-state index >= 15 is 0 Å². The summed E-state index contributed by atoms with van der Waals surface area (Å²) in [4.78, 5) is 12.1. The minimum absolute atomic E-state index is 0.0127. The van der Waals surface area contributed by atoms with Crippen LogP contribution in [0.5, 0.6) is 6.01 Å². The zero-order chi connectivity index (χ0) is 13.3. The highest BCUT2D eigenvalue weighted by atomic mass is 35.5. The van der Waals surface area contributed by atoms with E-state index in [9.17, 15) is 0 Å². The molecule has 1 unspecified atom stereocenters.